The van der Waals surface area contributed by atoms with Crippen LogP contribution in [0.1, 0.15) is 45.4 Å². The number of rotatable bonds is 6. The molecule has 2 heterocycles. The summed E-state index contributed by atoms with van der Waals surface area (Å²) in [7, 11) is -1.40. The summed E-state index contributed by atoms with van der Waals surface area (Å²) in [6.07, 6.45) is 1.40. The highest BCUT2D eigenvalue weighted by atomic mass is 32.2. The minimum absolute atomic E-state index is 0.0902. The number of nitrogens with one attached hydrogen (secondary N) is 2. The van der Waals surface area contributed by atoms with Crippen molar-refractivity contribution in [1.29, 1.82) is 0 Å². The second-order valence-corrected chi connectivity index (χ2v) is 10.3. The molecule has 2 N–H and O–H groups in total. The molecule has 2 aromatic rings. The molecule has 1 saturated carbocycles. The monoisotopic (exact) mass is 457 g/mol. The third-order valence-electron chi connectivity index (χ3n) is 6.73. The van der Waals surface area contributed by atoms with Gasteiger partial charge in [0, 0.05) is 17.8 Å². The number of ether oxygens (including phenoxy) is 1. The maximum atomic E-state index is 13.1. The van der Waals surface area contributed by atoms with E-state index in [9.17, 15) is 17.4 Å². The second-order valence-electron chi connectivity index (χ2n) is 8.91. The number of imidazole rings is 1. The van der Waals surface area contributed by atoms with Gasteiger partial charge in [-0.1, -0.05) is 38.3 Å². The van der Waals surface area contributed by atoms with Crippen LogP contribution in [0.3, 0.4) is 0 Å². The van der Waals surface area contributed by atoms with Gasteiger partial charge in [-0.15, -0.1) is 0 Å². The number of halogens is 3. The van der Waals surface area contributed by atoms with E-state index in [0.29, 0.717) is 17.5 Å². The zero-order chi connectivity index (χ0) is 22.0. The highest BCUT2D eigenvalue weighted by Gasteiger charge is 2.41. The van der Waals surface area contributed by atoms with Gasteiger partial charge in [0.2, 0.25) is 0 Å². The number of alkyl halides is 3. The molecule has 0 amide bonds. The number of para-hydroxylation sites is 2. The first-order chi connectivity index (χ1) is 14.8. The van der Waals surface area contributed by atoms with Crippen molar-refractivity contribution >= 4 is 21.8 Å². The predicted molar refractivity (Wildman–Crippen MR) is 114 cm³/mol. The van der Waals surface area contributed by atoms with Crippen LogP contribution >= 0.6 is 0 Å². The van der Waals surface area contributed by atoms with Crippen LogP contribution in [-0.4, -0.2) is 50.9 Å². The van der Waals surface area contributed by atoms with E-state index in [4.69, 9.17) is 4.74 Å². The summed E-state index contributed by atoms with van der Waals surface area (Å²) in [5.41, 5.74) is 1.57. The van der Waals surface area contributed by atoms with Crippen molar-refractivity contribution in [3.05, 3.63) is 24.3 Å². The third kappa shape index (κ3) is 5.68. The molecular weight excluding hydrogens is 427 g/mol. The Kier molecular flexibility index (Phi) is 7.03. The summed E-state index contributed by atoms with van der Waals surface area (Å²) in [5, 5.41) is 4.04. The average molecular weight is 458 g/mol. The molecule has 31 heavy (non-hydrogen) atoms. The van der Waals surface area contributed by atoms with Crippen LogP contribution in [0.25, 0.3) is 11.0 Å². The lowest BCUT2D eigenvalue weighted by Crippen LogP contribution is -2.58. The summed E-state index contributed by atoms with van der Waals surface area (Å²) in [4.78, 5) is 7.55. The van der Waals surface area contributed by atoms with Crippen LogP contribution in [0.4, 0.5) is 13.2 Å². The van der Waals surface area contributed by atoms with E-state index in [1.54, 1.807) is 0 Å². The van der Waals surface area contributed by atoms with Crippen molar-refractivity contribution in [2.75, 3.05) is 12.4 Å². The van der Waals surface area contributed by atoms with Crippen LogP contribution in [-0.2, 0) is 15.5 Å². The van der Waals surface area contributed by atoms with E-state index >= 15 is 0 Å². The Morgan fingerprint density at radius 1 is 1.19 bits per heavy atom. The van der Waals surface area contributed by atoms with E-state index in [-0.39, 0.29) is 23.8 Å². The number of H-pyrrole nitrogens is 1. The molecule has 5 atom stereocenters. The third-order valence-corrected chi connectivity index (χ3v) is 8.02. The van der Waals surface area contributed by atoms with Crippen LogP contribution in [0, 0.1) is 11.8 Å². The summed E-state index contributed by atoms with van der Waals surface area (Å²) in [6, 6.07) is 7.38. The van der Waals surface area contributed by atoms with Gasteiger partial charge in [-0.25, -0.2) is 4.98 Å². The summed E-state index contributed by atoms with van der Waals surface area (Å²) < 4.78 is 56.9. The minimum atomic E-state index is -4.35. The molecule has 172 valence electrons. The number of piperidine rings is 1. The summed E-state index contributed by atoms with van der Waals surface area (Å²) in [6.45, 7) is 0.657. The number of hydrogen-bond acceptors (Lipinski definition) is 4. The number of hydrogen-bond donors (Lipinski definition) is 2. The van der Waals surface area contributed by atoms with Gasteiger partial charge in [-0.05, 0) is 43.2 Å². The first-order valence-electron chi connectivity index (χ1n) is 11.1. The maximum absolute atomic E-state index is 13.1. The molecule has 0 spiro atoms. The molecule has 0 radical (unpaired) electrons. The minimum Gasteiger partial charge on any atom is -0.368 e. The van der Waals surface area contributed by atoms with E-state index < -0.39 is 29.7 Å². The van der Waals surface area contributed by atoms with Gasteiger partial charge in [0.15, 0.2) is 5.16 Å². The molecule has 1 aliphatic carbocycles. The van der Waals surface area contributed by atoms with Crippen LogP contribution in [0.2, 0.25) is 0 Å². The fourth-order valence-corrected chi connectivity index (χ4v) is 6.29. The first-order valence-corrected chi connectivity index (χ1v) is 12.4. The predicted octanol–water partition coefficient (Wildman–Crippen LogP) is 4.56. The molecular formula is C22H30F3N3O2S. The highest BCUT2D eigenvalue weighted by molar-refractivity contribution is 7.84. The molecule has 2 aliphatic rings. The van der Waals surface area contributed by atoms with Crippen LogP contribution in [0.15, 0.2) is 29.4 Å². The normalized spacial score (nSPS) is 29.3. The quantitative estimate of drug-likeness (QED) is 0.667. The van der Waals surface area contributed by atoms with Gasteiger partial charge < -0.3 is 15.0 Å². The fourth-order valence-electron chi connectivity index (χ4n) is 4.98. The lowest BCUT2D eigenvalue weighted by Gasteiger charge is -2.44. The topological polar surface area (TPSA) is 67.0 Å². The average Bonchev–Trinajstić information content (AvgIpc) is 3.19. The smallest absolute Gasteiger partial charge is 0.368 e. The molecule has 0 bridgehead atoms. The Morgan fingerprint density at radius 3 is 2.65 bits per heavy atom. The molecule has 1 saturated heterocycles. The van der Waals surface area contributed by atoms with Crippen molar-refractivity contribution in [2.45, 2.75) is 75.0 Å². The largest absolute Gasteiger partial charge is 0.411 e. The van der Waals surface area contributed by atoms with E-state index in [0.717, 1.165) is 36.7 Å². The van der Waals surface area contributed by atoms with Crippen LogP contribution in [0.5, 0.6) is 0 Å². The number of benzene rings is 1. The van der Waals surface area contributed by atoms with E-state index in [1.807, 2.05) is 31.2 Å². The molecule has 1 aromatic heterocycles. The Hall–Kier alpha value is -1.45. The van der Waals surface area contributed by atoms with Gasteiger partial charge in [-0.2, -0.15) is 13.2 Å². The molecule has 2 fully saturated rings. The molecule has 1 aromatic carbocycles. The van der Waals surface area contributed by atoms with Crippen molar-refractivity contribution in [3.63, 3.8) is 0 Å². The lowest BCUT2D eigenvalue weighted by atomic mass is 9.76. The van der Waals surface area contributed by atoms with Crippen LogP contribution < -0.4 is 5.32 Å². The Balaban J connectivity index is 1.49. The Bertz CT molecular complexity index is 864. The number of aromatic amines is 1. The SMILES string of the molecule is CC1C(CS(=O)c2nc3ccccc3[nH]2)NC(C2CCCCC2)CC1OCC(F)(F)F. The standard InChI is InChI=1S/C22H30F3N3O2S/c1-14-19(12-31(29)21-27-16-9-5-6-10-17(16)28-21)26-18(15-7-3-2-4-8-15)11-20(14)30-13-22(23,24)25/h5-6,9-10,14-15,18-20,26H,2-4,7-8,11-13H2,1H3,(H,27,28). The van der Waals surface area contributed by atoms with Crippen molar-refractivity contribution in [1.82, 2.24) is 15.3 Å². The zero-order valence-electron chi connectivity index (χ0n) is 17.7. The van der Waals surface area contributed by atoms with Gasteiger partial charge in [0.1, 0.15) is 6.61 Å². The fraction of sp³-hybridized carbons (Fsp3) is 0.682. The number of aromatic nitrogens is 2. The Labute approximate surface area is 183 Å². The van der Waals surface area contributed by atoms with Gasteiger partial charge in [-0.3, -0.25) is 4.21 Å². The Morgan fingerprint density at radius 2 is 1.94 bits per heavy atom. The van der Waals surface area contributed by atoms with Gasteiger partial charge >= 0.3 is 6.18 Å². The number of nitrogens with zero attached hydrogens (tertiary/aromatic N) is 1. The van der Waals surface area contributed by atoms with Gasteiger partial charge in [0.05, 0.1) is 27.9 Å². The molecule has 5 unspecified atom stereocenters. The van der Waals surface area contributed by atoms with Gasteiger partial charge in [0.25, 0.3) is 0 Å². The molecule has 1 aliphatic heterocycles. The first kappa shape index (κ1) is 22.7. The summed E-state index contributed by atoms with van der Waals surface area (Å²) >= 11 is 0. The summed E-state index contributed by atoms with van der Waals surface area (Å²) in [5.74, 6) is 0.534. The molecule has 5 nitrogen and oxygen atoms in total. The second kappa shape index (κ2) is 9.58. The van der Waals surface area contributed by atoms with E-state index in [1.165, 1.54) is 6.42 Å². The van der Waals surface area contributed by atoms with Crippen molar-refractivity contribution in [3.8, 4) is 0 Å². The van der Waals surface area contributed by atoms with E-state index in [2.05, 4.69) is 15.3 Å². The lowest BCUT2D eigenvalue weighted by molar-refractivity contribution is -0.195. The number of fused-ring (bicyclic) bond motifs is 1. The molecule has 9 heteroatoms. The van der Waals surface area contributed by atoms with Crippen molar-refractivity contribution < 1.29 is 22.1 Å². The zero-order valence-corrected chi connectivity index (χ0v) is 18.5. The maximum Gasteiger partial charge on any atom is 0.411 e. The molecule has 4 rings (SSSR count). The van der Waals surface area contributed by atoms with Crippen molar-refractivity contribution in [2.24, 2.45) is 11.8 Å². The highest BCUT2D eigenvalue weighted by Crippen LogP contribution is 2.34.